The Morgan fingerprint density at radius 3 is 2.91 bits per heavy atom. The molecule has 2 atom stereocenters. The van der Waals surface area contributed by atoms with Gasteiger partial charge in [-0.15, -0.1) is 0 Å². The Morgan fingerprint density at radius 2 is 2.45 bits per heavy atom. The number of halogens is 1. The number of hydrogen-bond donors (Lipinski definition) is 0. The van der Waals surface area contributed by atoms with Crippen molar-refractivity contribution < 1.29 is 0 Å². The molecule has 0 radical (unpaired) electrons. The van der Waals surface area contributed by atoms with Crippen LogP contribution in [0, 0.1) is 11.3 Å². The normalized spacial score (nSPS) is 40.3. The molecule has 0 aromatic rings. The zero-order valence-corrected chi connectivity index (χ0v) is 8.44. The van der Waals surface area contributed by atoms with E-state index in [1.165, 1.54) is 37.4 Å². The van der Waals surface area contributed by atoms with Gasteiger partial charge in [0.15, 0.2) is 0 Å². The highest BCUT2D eigenvalue weighted by Gasteiger charge is 2.39. The van der Waals surface area contributed by atoms with Crippen LogP contribution in [-0.2, 0) is 0 Å². The van der Waals surface area contributed by atoms with Gasteiger partial charge in [-0.05, 0) is 43.4 Å². The minimum absolute atomic E-state index is 0.651. The lowest BCUT2D eigenvalue weighted by Crippen LogP contribution is -2.10. The molecule has 0 nitrogen and oxygen atoms in total. The molecule has 0 aromatic heterocycles. The number of rotatable bonds is 3. The van der Waals surface area contributed by atoms with Crippen molar-refractivity contribution in [1.82, 2.24) is 0 Å². The van der Waals surface area contributed by atoms with Crippen molar-refractivity contribution in [2.24, 2.45) is 11.3 Å². The Morgan fingerprint density at radius 1 is 1.55 bits per heavy atom. The molecule has 0 aromatic carbocycles. The van der Waals surface area contributed by atoms with Gasteiger partial charge >= 0.3 is 0 Å². The van der Waals surface area contributed by atoms with Gasteiger partial charge in [-0.25, -0.2) is 0 Å². The topological polar surface area (TPSA) is 0 Å². The molecular weight excluding hydrogens is 200 g/mol. The van der Waals surface area contributed by atoms with E-state index in [1.54, 1.807) is 0 Å². The molecule has 0 heterocycles. The largest absolute Gasteiger partial charge is 0.0928 e. The lowest BCUT2D eigenvalue weighted by atomic mass is 9.83. The Balaban J connectivity index is 1.95. The number of allylic oxidation sites excluding steroid dienone is 2. The zero-order chi connectivity index (χ0) is 7.73. The van der Waals surface area contributed by atoms with Gasteiger partial charge in [0.25, 0.3) is 0 Å². The molecule has 62 valence electrons. The van der Waals surface area contributed by atoms with E-state index in [0.717, 1.165) is 5.92 Å². The Hall–Kier alpha value is 0.220. The lowest BCUT2D eigenvalue weighted by Gasteiger charge is -2.22. The van der Waals surface area contributed by atoms with Crippen LogP contribution in [0.3, 0.4) is 0 Å². The summed E-state index contributed by atoms with van der Waals surface area (Å²) >= 11 is 3.50. The molecule has 11 heavy (non-hydrogen) atoms. The monoisotopic (exact) mass is 214 g/mol. The Labute approximate surface area is 77.2 Å². The predicted octanol–water partition coefficient (Wildman–Crippen LogP) is 3.52. The van der Waals surface area contributed by atoms with Crippen LogP contribution in [0.25, 0.3) is 0 Å². The van der Waals surface area contributed by atoms with Gasteiger partial charge in [0.1, 0.15) is 0 Å². The zero-order valence-electron chi connectivity index (χ0n) is 6.85. The maximum absolute atomic E-state index is 3.50. The third-order valence-electron chi connectivity index (χ3n) is 3.21. The predicted molar refractivity (Wildman–Crippen MR) is 51.9 cm³/mol. The van der Waals surface area contributed by atoms with E-state index < -0.39 is 0 Å². The molecule has 0 N–H and O–H groups in total. The summed E-state index contributed by atoms with van der Waals surface area (Å²) in [7, 11) is 0. The van der Waals surface area contributed by atoms with Crippen molar-refractivity contribution in [3.63, 3.8) is 0 Å². The fourth-order valence-electron chi connectivity index (χ4n) is 2.58. The maximum atomic E-state index is 3.50. The molecule has 0 spiro atoms. The van der Waals surface area contributed by atoms with Crippen LogP contribution >= 0.6 is 15.9 Å². The maximum Gasteiger partial charge on any atom is 0.00316 e. The van der Waals surface area contributed by atoms with Crippen molar-refractivity contribution in [3.05, 3.63) is 12.2 Å². The van der Waals surface area contributed by atoms with Gasteiger partial charge < -0.3 is 0 Å². The van der Waals surface area contributed by atoms with E-state index in [9.17, 15) is 0 Å². The molecule has 0 aliphatic heterocycles. The average molecular weight is 215 g/mol. The first kappa shape index (κ1) is 7.85. The minimum Gasteiger partial charge on any atom is -0.0928 e. The molecule has 1 heteroatoms. The van der Waals surface area contributed by atoms with Crippen molar-refractivity contribution in [2.75, 3.05) is 5.33 Å². The quantitative estimate of drug-likeness (QED) is 0.499. The molecule has 1 saturated carbocycles. The molecule has 2 aliphatic carbocycles. The van der Waals surface area contributed by atoms with Crippen LogP contribution in [-0.4, -0.2) is 5.33 Å². The standard InChI is InChI=1S/C10H15Br/c11-7-1-4-10-5-2-9(8-10)3-6-10/h2,5,9H,1,3-4,6-8H2. The van der Waals surface area contributed by atoms with Gasteiger partial charge in [-0.3, -0.25) is 0 Å². The fraction of sp³-hybridized carbons (Fsp3) is 0.800. The van der Waals surface area contributed by atoms with Gasteiger partial charge in [0.2, 0.25) is 0 Å². The van der Waals surface area contributed by atoms with Crippen molar-refractivity contribution in [2.45, 2.75) is 32.1 Å². The molecule has 2 bridgehead atoms. The Kier molecular flexibility index (Phi) is 2.09. The van der Waals surface area contributed by atoms with E-state index in [1.807, 2.05) is 0 Å². The number of hydrogen-bond acceptors (Lipinski definition) is 0. The van der Waals surface area contributed by atoms with Crippen LogP contribution in [0.5, 0.6) is 0 Å². The molecule has 2 unspecified atom stereocenters. The molecule has 2 aliphatic rings. The van der Waals surface area contributed by atoms with Gasteiger partial charge in [-0.2, -0.15) is 0 Å². The first-order valence-electron chi connectivity index (χ1n) is 4.60. The average Bonchev–Trinajstić information content (AvgIpc) is 2.60. The first-order chi connectivity index (χ1) is 5.35. The van der Waals surface area contributed by atoms with Crippen molar-refractivity contribution in [1.29, 1.82) is 0 Å². The smallest absolute Gasteiger partial charge is 0.00316 e. The third kappa shape index (κ3) is 1.40. The minimum atomic E-state index is 0.651. The number of fused-ring (bicyclic) bond motifs is 2. The molecular formula is C10H15Br. The fourth-order valence-corrected chi connectivity index (χ4v) is 2.86. The van der Waals surface area contributed by atoms with E-state index in [-0.39, 0.29) is 0 Å². The van der Waals surface area contributed by atoms with E-state index in [2.05, 4.69) is 28.1 Å². The Bertz CT molecular complexity index is 174. The second kappa shape index (κ2) is 2.93. The third-order valence-corrected chi connectivity index (χ3v) is 3.77. The lowest BCUT2D eigenvalue weighted by molar-refractivity contribution is 0.367. The van der Waals surface area contributed by atoms with Gasteiger partial charge in [0, 0.05) is 5.33 Å². The van der Waals surface area contributed by atoms with Crippen molar-refractivity contribution in [3.8, 4) is 0 Å². The second-order valence-electron chi connectivity index (χ2n) is 4.02. The van der Waals surface area contributed by atoms with Crippen LogP contribution in [0.4, 0.5) is 0 Å². The summed E-state index contributed by atoms with van der Waals surface area (Å²) in [5.74, 6) is 0.949. The highest BCUT2D eigenvalue weighted by Crippen LogP contribution is 2.51. The highest BCUT2D eigenvalue weighted by molar-refractivity contribution is 9.09. The van der Waals surface area contributed by atoms with Crippen LogP contribution in [0.2, 0.25) is 0 Å². The molecule has 0 amide bonds. The van der Waals surface area contributed by atoms with Crippen LogP contribution < -0.4 is 0 Å². The molecule has 1 fully saturated rings. The van der Waals surface area contributed by atoms with Crippen LogP contribution in [0.1, 0.15) is 32.1 Å². The first-order valence-corrected chi connectivity index (χ1v) is 5.72. The summed E-state index contributed by atoms with van der Waals surface area (Å²) in [6, 6.07) is 0. The summed E-state index contributed by atoms with van der Waals surface area (Å²) in [5.41, 5.74) is 0.651. The SMILES string of the molecule is BrCCCC12C=CC(CC1)C2. The second-order valence-corrected chi connectivity index (χ2v) is 4.81. The van der Waals surface area contributed by atoms with Crippen molar-refractivity contribution >= 4 is 15.9 Å². The van der Waals surface area contributed by atoms with Gasteiger partial charge in [0.05, 0.1) is 0 Å². The van der Waals surface area contributed by atoms with E-state index in [0.29, 0.717) is 5.41 Å². The summed E-state index contributed by atoms with van der Waals surface area (Å²) in [6.07, 6.45) is 12.1. The summed E-state index contributed by atoms with van der Waals surface area (Å²) < 4.78 is 0. The van der Waals surface area contributed by atoms with E-state index in [4.69, 9.17) is 0 Å². The molecule has 2 rings (SSSR count). The summed E-state index contributed by atoms with van der Waals surface area (Å²) in [6.45, 7) is 0. The highest BCUT2D eigenvalue weighted by atomic mass is 79.9. The molecule has 0 saturated heterocycles. The number of alkyl halides is 1. The van der Waals surface area contributed by atoms with E-state index >= 15 is 0 Å². The summed E-state index contributed by atoms with van der Waals surface area (Å²) in [5, 5.41) is 1.17. The van der Waals surface area contributed by atoms with Crippen LogP contribution in [0.15, 0.2) is 12.2 Å². The summed E-state index contributed by atoms with van der Waals surface area (Å²) in [4.78, 5) is 0. The van der Waals surface area contributed by atoms with Gasteiger partial charge in [-0.1, -0.05) is 28.1 Å².